The van der Waals surface area contributed by atoms with Gasteiger partial charge in [-0.2, -0.15) is 0 Å². The lowest BCUT2D eigenvalue weighted by Crippen LogP contribution is -2.26. The molecule has 1 atom stereocenters. The summed E-state index contributed by atoms with van der Waals surface area (Å²) in [4.78, 5) is 15.1. The minimum atomic E-state index is -0.0224. The average Bonchev–Trinajstić information content (AvgIpc) is 2.97. The van der Waals surface area contributed by atoms with Crippen LogP contribution in [0.5, 0.6) is 5.75 Å². The minimum absolute atomic E-state index is 0.0224. The Kier molecular flexibility index (Phi) is 8.45. The number of benzene rings is 4. The molecule has 1 aliphatic rings. The first-order valence-electron chi connectivity index (χ1n) is 13.3. The average molecular weight is 523 g/mol. The molecule has 1 radical (unpaired) electrons. The highest BCUT2D eigenvalue weighted by Crippen LogP contribution is 2.33. The SMILES string of the molecule is CN(Cc1ccccc1)C(=O)c1ccc(-c2ccc(Cl)cc2)c(COc2ccc(C3[CH]CCCC3)cc2)c1. The molecule has 0 aromatic heterocycles. The number of carbonyl (C=O) groups is 1. The maximum atomic E-state index is 13.3. The summed E-state index contributed by atoms with van der Waals surface area (Å²) in [7, 11) is 1.84. The Balaban J connectivity index is 1.36. The lowest BCUT2D eigenvalue weighted by molar-refractivity contribution is 0.0785. The lowest BCUT2D eigenvalue weighted by Gasteiger charge is -2.22. The molecule has 0 bridgehead atoms. The van der Waals surface area contributed by atoms with Crippen LogP contribution in [-0.4, -0.2) is 17.9 Å². The van der Waals surface area contributed by atoms with Crippen LogP contribution in [0.2, 0.25) is 5.02 Å². The summed E-state index contributed by atoms with van der Waals surface area (Å²) in [6.07, 6.45) is 7.46. The van der Waals surface area contributed by atoms with Crippen LogP contribution in [0.3, 0.4) is 0 Å². The summed E-state index contributed by atoms with van der Waals surface area (Å²) in [5.41, 5.74) is 6.11. The van der Waals surface area contributed by atoms with Crippen LogP contribution in [0, 0.1) is 6.42 Å². The van der Waals surface area contributed by atoms with E-state index in [-0.39, 0.29) is 5.91 Å². The molecule has 0 saturated heterocycles. The van der Waals surface area contributed by atoms with E-state index in [1.165, 1.54) is 31.2 Å². The molecule has 3 nitrogen and oxygen atoms in total. The van der Waals surface area contributed by atoms with Crippen molar-refractivity contribution in [2.45, 2.75) is 44.8 Å². The molecule has 1 amide bonds. The fourth-order valence-corrected chi connectivity index (χ4v) is 5.25. The highest BCUT2D eigenvalue weighted by Gasteiger charge is 2.17. The van der Waals surface area contributed by atoms with Gasteiger partial charge < -0.3 is 9.64 Å². The molecule has 1 fully saturated rings. The van der Waals surface area contributed by atoms with Gasteiger partial charge >= 0.3 is 0 Å². The molecule has 193 valence electrons. The highest BCUT2D eigenvalue weighted by molar-refractivity contribution is 6.30. The number of hydrogen-bond acceptors (Lipinski definition) is 2. The molecule has 0 spiro atoms. The van der Waals surface area contributed by atoms with E-state index in [1.807, 2.05) is 79.8 Å². The topological polar surface area (TPSA) is 29.5 Å². The van der Waals surface area contributed by atoms with Crippen molar-refractivity contribution in [3.8, 4) is 16.9 Å². The zero-order valence-electron chi connectivity index (χ0n) is 21.8. The van der Waals surface area contributed by atoms with Crippen molar-refractivity contribution >= 4 is 17.5 Å². The van der Waals surface area contributed by atoms with E-state index in [2.05, 4.69) is 30.7 Å². The zero-order chi connectivity index (χ0) is 26.3. The lowest BCUT2D eigenvalue weighted by atomic mass is 9.84. The quantitative estimate of drug-likeness (QED) is 0.231. The number of rotatable bonds is 8. The summed E-state index contributed by atoms with van der Waals surface area (Å²) in [6.45, 7) is 0.908. The smallest absolute Gasteiger partial charge is 0.253 e. The Morgan fingerprint density at radius 2 is 1.68 bits per heavy atom. The molecule has 38 heavy (non-hydrogen) atoms. The molecular formula is C34H33ClNO2. The zero-order valence-corrected chi connectivity index (χ0v) is 22.5. The fraction of sp³-hybridized carbons (Fsp3) is 0.235. The van der Waals surface area contributed by atoms with Gasteiger partial charge in [0.05, 0.1) is 0 Å². The van der Waals surface area contributed by atoms with Gasteiger partial charge in [-0.25, -0.2) is 0 Å². The third-order valence-electron chi connectivity index (χ3n) is 7.24. The van der Waals surface area contributed by atoms with Gasteiger partial charge in [-0.05, 0) is 89.4 Å². The van der Waals surface area contributed by atoms with Crippen LogP contribution in [0.4, 0.5) is 0 Å². The molecule has 1 aliphatic carbocycles. The molecule has 0 heterocycles. The number of amides is 1. The predicted octanol–water partition coefficient (Wildman–Crippen LogP) is 8.72. The second kappa shape index (κ2) is 12.3. The largest absolute Gasteiger partial charge is 0.489 e. The summed E-state index contributed by atoms with van der Waals surface area (Å²) in [5, 5.41) is 0.691. The summed E-state index contributed by atoms with van der Waals surface area (Å²) < 4.78 is 6.25. The second-order valence-corrected chi connectivity index (χ2v) is 10.4. The van der Waals surface area contributed by atoms with Gasteiger partial charge in [0.2, 0.25) is 0 Å². The Morgan fingerprint density at radius 1 is 0.921 bits per heavy atom. The molecule has 0 aliphatic heterocycles. The van der Waals surface area contributed by atoms with Crippen LogP contribution in [-0.2, 0) is 13.2 Å². The minimum Gasteiger partial charge on any atom is -0.489 e. The third-order valence-corrected chi connectivity index (χ3v) is 7.49. The maximum Gasteiger partial charge on any atom is 0.253 e. The van der Waals surface area contributed by atoms with E-state index in [4.69, 9.17) is 16.3 Å². The van der Waals surface area contributed by atoms with Crippen molar-refractivity contribution < 1.29 is 9.53 Å². The standard InChI is InChI=1S/C34H33ClNO2/c1-36(23-25-8-4-2-5-9-25)34(37)29-16-21-33(28-12-17-31(35)18-13-28)30(22-29)24-38-32-19-14-27(15-20-32)26-10-6-3-7-11-26/h2,4-5,8-10,12-22,26H,3,6-7,11,23-24H2,1H3. The first-order valence-corrected chi connectivity index (χ1v) is 13.7. The van der Waals surface area contributed by atoms with Crippen molar-refractivity contribution in [1.82, 2.24) is 4.90 Å². The number of ether oxygens (including phenoxy) is 1. The number of hydrogen-bond donors (Lipinski definition) is 0. The molecule has 0 N–H and O–H groups in total. The van der Waals surface area contributed by atoms with Crippen LogP contribution >= 0.6 is 11.6 Å². The van der Waals surface area contributed by atoms with Gasteiger partial charge in [0.25, 0.3) is 5.91 Å². The van der Waals surface area contributed by atoms with Gasteiger partial charge in [0.15, 0.2) is 0 Å². The van der Waals surface area contributed by atoms with E-state index in [0.717, 1.165) is 28.0 Å². The van der Waals surface area contributed by atoms with Crippen molar-refractivity contribution in [3.05, 3.63) is 131 Å². The van der Waals surface area contributed by atoms with Crippen LogP contribution in [0.1, 0.15) is 58.6 Å². The Hall–Kier alpha value is -3.56. The van der Waals surface area contributed by atoms with Crippen molar-refractivity contribution in [2.75, 3.05) is 7.05 Å². The van der Waals surface area contributed by atoms with Gasteiger partial charge in [0.1, 0.15) is 12.4 Å². The molecule has 1 saturated carbocycles. The summed E-state index contributed by atoms with van der Waals surface area (Å²) in [5.74, 6) is 1.35. The first kappa shape index (κ1) is 26.1. The van der Waals surface area contributed by atoms with E-state index >= 15 is 0 Å². The Labute approximate surface area is 231 Å². The number of halogens is 1. The van der Waals surface area contributed by atoms with Crippen LogP contribution in [0.25, 0.3) is 11.1 Å². The Morgan fingerprint density at radius 3 is 2.39 bits per heavy atom. The molecular weight excluding hydrogens is 490 g/mol. The molecule has 4 heteroatoms. The molecule has 1 unspecified atom stereocenters. The van der Waals surface area contributed by atoms with Gasteiger partial charge in [0, 0.05) is 24.2 Å². The first-order chi connectivity index (χ1) is 18.6. The number of nitrogens with zero attached hydrogens (tertiary/aromatic N) is 1. The van der Waals surface area contributed by atoms with Crippen LogP contribution < -0.4 is 4.74 Å². The summed E-state index contributed by atoms with van der Waals surface area (Å²) >= 11 is 6.14. The van der Waals surface area contributed by atoms with Gasteiger partial charge in [-0.3, -0.25) is 4.79 Å². The predicted molar refractivity (Wildman–Crippen MR) is 155 cm³/mol. The van der Waals surface area contributed by atoms with Crippen molar-refractivity contribution in [2.24, 2.45) is 0 Å². The Bertz CT molecular complexity index is 1340. The van der Waals surface area contributed by atoms with E-state index in [1.54, 1.807) is 4.90 Å². The number of carbonyl (C=O) groups excluding carboxylic acids is 1. The third kappa shape index (κ3) is 6.46. The van der Waals surface area contributed by atoms with E-state index in [0.29, 0.717) is 29.7 Å². The molecule has 4 aromatic carbocycles. The summed E-state index contributed by atoms with van der Waals surface area (Å²) in [6, 6.07) is 32.1. The molecule has 5 rings (SSSR count). The van der Waals surface area contributed by atoms with Crippen molar-refractivity contribution in [3.63, 3.8) is 0 Å². The van der Waals surface area contributed by atoms with E-state index < -0.39 is 0 Å². The van der Waals surface area contributed by atoms with Gasteiger partial charge in [-0.1, -0.05) is 85.1 Å². The fourth-order valence-electron chi connectivity index (χ4n) is 5.13. The van der Waals surface area contributed by atoms with Crippen molar-refractivity contribution in [1.29, 1.82) is 0 Å². The van der Waals surface area contributed by atoms with Crippen LogP contribution in [0.15, 0.2) is 97.1 Å². The molecule has 4 aromatic rings. The van der Waals surface area contributed by atoms with E-state index in [9.17, 15) is 4.79 Å². The normalized spacial score (nSPS) is 13.7. The monoisotopic (exact) mass is 522 g/mol. The maximum absolute atomic E-state index is 13.3. The second-order valence-electron chi connectivity index (χ2n) is 10.0. The highest BCUT2D eigenvalue weighted by atomic mass is 35.5. The van der Waals surface area contributed by atoms with Gasteiger partial charge in [-0.15, -0.1) is 0 Å².